The van der Waals surface area contributed by atoms with Crippen LogP contribution >= 0.6 is 11.8 Å². The van der Waals surface area contributed by atoms with Gasteiger partial charge in [0.1, 0.15) is 0 Å². The van der Waals surface area contributed by atoms with Gasteiger partial charge in [-0.25, -0.2) is 0 Å². The number of hydrogen-bond donors (Lipinski definition) is 0. The molecule has 1 aliphatic heterocycles. The van der Waals surface area contributed by atoms with Crippen molar-refractivity contribution in [1.29, 1.82) is 5.26 Å². The quantitative estimate of drug-likeness (QED) is 0.626. The van der Waals surface area contributed by atoms with Crippen molar-refractivity contribution >= 4 is 11.8 Å². The smallest absolute Gasteiger partial charge is 0.0994 e. The summed E-state index contributed by atoms with van der Waals surface area (Å²) in [5.74, 6) is 2.30. The fourth-order valence-corrected chi connectivity index (χ4v) is 2.84. The first kappa shape index (κ1) is 8.65. The number of rotatable bonds is 0. The van der Waals surface area contributed by atoms with Crippen LogP contribution in [0.1, 0.15) is 22.3 Å². The van der Waals surface area contributed by atoms with Crippen LogP contribution in [-0.4, -0.2) is 5.75 Å². The molecule has 1 aromatic carbocycles. The van der Waals surface area contributed by atoms with Crippen LogP contribution in [0.2, 0.25) is 0 Å². The highest BCUT2D eigenvalue weighted by Crippen LogP contribution is 2.28. The Kier molecular flexibility index (Phi) is 2.28. The topological polar surface area (TPSA) is 23.8 Å². The highest BCUT2D eigenvalue weighted by molar-refractivity contribution is 7.98. The zero-order valence-electron chi connectivity index (χ0n) is 7.63. The van der Waals surface area contributed by atoms with Crippen LogP contribution in [0.5, 0.6) is 0 Å². The van der Waals surface area contributed by atoms with Gasteiger partial charge in [0.25, 0.3) is 0 Å². The SMILES string of the molecule is Cc1c(C#N)ccc2c1CSCC2. The maximum Gasteiger partial charge on any atom is 0.0994 e. The maximum absolute atomic E-state index is 8.86. The summed E-state index contributed by atoms with van der Waals surface area (Å²) in [6, 6.07) is 6.30. The number of nitriles is 1. The zero-order valence-corrected chi connectivity index (χ0v) is 8.45. The van der Waals surface area contributed by atoms with E-state index in [9.17, 15) is 0 Å². The fraction of sp³-hybridized carbons (Fsp3) is 0.364. The van der Waals surface area contributed by atoms with E-state index in [0.717, 1.165) is 17.7 Å². The monoisotopic (exact) mass is 189 g/mol. The molecule has 0 N–H and O–H groups in total. The van der Waals surface area contributed by atoms with Crippen molar-refractivity contribution in [3.63, 3.8) is 0 Å². The third-order valence-electron chi connectivity index (χ3n) is 2.58. The lowest BCUT2D eigenvalue weighted by molar-refractivity contribution is 1.06. The normalized spacial score (nSPS) is 14.8. The molecule has 1 nitrogen and oxygen atoms in total. The third-order valence-corrected chi connectivity index (χ3v) is 3.56. The molecule has 0 fully saturated rings. The molecule has 0 atom stereocenters. The molecule has 0 saturated heterocycles. The highest BCUT2D eigenvalue weighted by Gasteiger charge is 2.13. The maximum atomic E-state index is 8.86. The predicted molar refractivity (Wildman–Crippen MR) is 55.8 cm³/mol. The molecule has 0 amide bonds. The summed E-state index contributed by atoms with van der Waals surface area (Å²) in [6.45, 7) is 2.06. The molecule has 0 radical (unpaired) electrons. The minimum Gasteiger partial charge on any atom is -0.192 e. The first-order chi connectivity index (χ1) is 6.33. The van der Waals surface area contributed by atoms with E-state index in [1.807, 2.05) is 17.8 Å². The minimum atomic E-state index is 0.834. The third kappa shape index (κ3) is 1.45. The van der Waals surface area contributed by atoms with Gasteiger partial charge in [0.15, 0.2) is 0 Å². The first-order valence-corrected chi connectivity index (χ1v) is 5.57. The molecule has 1 aliphatic rings. The minimum absolute atomic E-state index is 0.834. The molecule has 1 aromatic rings. The van der Waals surface area contributed by atoms with Crippen molar-refractivity contribution < 1.29 is 0 Å². The van der Waals surface area contributed by atoms with Crippen LogP contribution in [0.25, 0.3) is 0 Å². The lowest BCUT2D eigenvalue weighted by Gasteiger charge is -2.18. The van der Waals surface area contributed by atoms with Crippen molar-refractivity contribution in [3.05, 3.63) is 34.4 Å². The second kappa shape index (κ2) is 3.43. The molecule has 1 heterocycles. The second-order valence-electron chi connectivity index (χ2n) is 3.29. The van der Waals surface area contributed by atoms with Crippen LogP contribution in [0.3, 0.4) is 0 Å². The van der Waals surface area contributed by atoms with E-state index in [2.05, 4.69) is 19.1 Å². The van der Waals surface area contributed by atoms with E-state index < -0.39 is 0 Å². The number of aryl methyl sites for hydroxylation is 1. The fourth-order valence-electron chi connectivity index (χ4n) is 1.73. The molecule has 0 saturated carbocycles. The summed E-state index contributed by atoms with van der Waals surface area (Å²) in [5, 5.41) is 8.86. The van der Waals surface area contributed by atoms with Crippen molar-refractivity contribution in [2.45, 2.75) is 19.1 Å². The summed E-state index contributed by atoms with van der Waals surface area (Å²) in [7, 11) is 0. The zero-order chi connectivity index (χ0) is 9.26. The number of fused-ring (bicyclic) bond motifs is 1. The van der Waals surface area contributed by atoms with E-state index in [1.165, 1.54) is 22.4 Å². The molecule has 0 spiro atoms. The van der Waals surface area contributed by atoms with Crippen molar-refractivity contribution in [1.82, 2.24) is 0 Å². The van der Waals surface area contributed by atoms with Gasteiger partial charge in [0.05, 0.1) is 11.6 Å². The Balaban J connectivity index is 2.56. The van der Waals surface area contributed by atoms with Crippen LogP contribution in [0.4, 0.5) is 0 Å². The standard InChI is InChI=1S/C11H11NS/c1-8-10(6-12)3-2-9-4-5-13-7-11(8)9/h2-3H,4-5,7H2,1H3. The van der Waals surface area contributed by atoms with E-state index in [0.29, 0.717) is 0 Å². The molecule has 2 rings (SSSR count). The highest BCUT2D eigenvalue weighted by atomic mass is 32.2. The molecule has 2 heteroatoms. The van der Waals surface area contributed by atoms with Gasteiger partial charge in [-0.2, -0.15) is 17.0 Å². The van der Waals surface area contributed by atoms with Gasteiger partial charge in [-0.15, -0.1) is 0 Å². The van der Waals surface area contributed by atoms with Crippen LogP contribution in [-0.2, 0) is 12.2 Å². The average molecular weight is 189 g/mol. The van der Waals surface area contributed by atoms with Crippen LogP contribution < -0.4 is 0 Å². The largest absolute Gasteiger partial charge is 0.192 e. The lowest BCUT2D eigenvalue weighted by atomic mass is 9.97. The molecular formula is C11H11NS. The number of benzene rings is 1. The summed E-state index contributed by atoms with van der Waals surface area (Å²) in [4.78, 5) is 0. The van der Waals surface area contributed by atoms with Gasteiger partial charge < -0.3 is 0 Å². The summed E-state index contributed by atoms with van der Waals surface area (Å²) in [6.07, 6.45) is 1.16. The van der Waals surface area contributed by atoms with Gasteiger partial charge in [0, 0.05) is 5.75 Å². The predicted octanol–water partition coefficient (Wildman–Crippen LogP) is 2.66. The Morgan fingerprint density at radius 2 is 2.31 bits per heavy atom. The van der Waals surface area contributed by atoms with Crippen molar-refractivity contribution in [2.75, 3.05) is 5.75 Å². The van der Waals surface area contributed by atoms with Gasteiger partial charge >= 0.3 is 0 Å². The Labute approximate surface area is 82.8 Å². The summed E-state index contributed by atoms with van der Waals surface area (Å²) >= 11 is 1.96. The number of nitrogens with zero attached hydrogens (tertiary/aromatic N) is 1. The lowest BCUT2D eigenvalue weighted by Crippen LogP contribution is -2.05. The van der Waals surface area contributed by atoms with Crippen LogP contribution in [0.15, 0.2) is 12.1 Å². The molecule has 13 heavy (non-hydrogen) atoms. The average Bonchev–Trinajstić information content (AvgIpc) is 2.19. The van der Waals surface area contributed by atoms with Gasteiger partial charge in [-0.1, -0.05) is 6.07 Å². The Hall–Kier alpha value is -0.940. The van der Waals surface area contributed by atoms with E-state index in [1.54, 1.807) is 0 Å². The molecule has 66 valence electrons. The molecule has 0 unspecified atom stereocenters. The van der Waals surface area contributed by atoms with Gasteiger partial charge in [-0.3, -0.25) is 0 Å². The van der Waals surface area contributed by atoms with Crippen LogP contribution in [0, 0.1) is 18.3 Å². The van der Waals surface area contributed by atoms with Crippen molar-refractivity contribution in [3.8, 4) is 6.07 Å². The van der Waals surface area contributed by atoms with E-state index in [-0.39, 0.29) is 0 Å². The summed E-state index contributed by atoms with van der Waals surface area (Å²) < 4.78 is 0. The number of hydrogen-bond acceptors (Lipinski definition) is 2. The van der Waals surface area contributed by atoms with Gasteiger partial charge in [-0.05, 0) is 41.9 Å². The Morgan fingerprint density at radius 3 is 3.08 bits per heavy atom. The Bertz CT molecular complexity index is 376. The van der Waals surface area contributed by atoms with E-state index in [4.69, 9.17) is 5.26 Å². The molecule has 0 bridgehead atoms. The summed E-state index contributed by atoms with van der Waals surface area (Å²) in [5.41, 5.74) is 4.86. The van der Waals surface area contributed by atoms with Crippen molar-refractivity contribution in [2.24, 2.45) is 0 Å². The second-order valence-corrected chi connectivity index (χ2v) is 4.40. The molecule has 0 aromatic heterocycles. The van der Waals surface area contributed by atoms with Gasteiger partial charge in [0.2, 0.25) is 0 Å². The molecular weight excluding hydrogens is 178 g/mol. The number of thioether (sulfide) groups is 1. The molecule has 0 aliphatic carbocycles. The first-order valence-electron chi connectivity index (χ1n) is 4.42. The Morgan fingerprint density at radius 1 is 1.46 bits per heavy atom. The van der Waals surface area contributed by atoms with E-state index >= 15 is 0 Å².